The number of para-hydroxylation sites is 1. The van der Waals surface area contributed by atoms with Gasteiger partial charge in [-0.25, -0.2) is 22.2 Å². The van der Waals surface area contributed by atoms with Crippen LogP contribution in [0.5, 0.6) is 0 Å². The van der Waals surface area contributed by atoms with Gasteiger partial charge in [-0.05, 0) is 80.8 Å². The highest BCUT2D eigenvalue weighted by Gasteiger charge is 2.63. The van der Waals surface area contributed by atoms with Crippen LogP contribution in [-0.2, 0) is 46.9 Å². The SMILES string of the molecule is Cn1nc(NS(=O)(=O)c2cn[nH]c2)c2cccc(-c3ccc(C#CC(C)(C)O)nc3C(Cc3cc(F)cc(F)c3)NC(=O)Cn3nc(C(F)(F)F)c4c3C(F)(F)C3CCC43)c21. The Balaban J connectivity index is 1.26. The number of rotatable bonds is 10. The molecular formula is C40H34F7N9O4S. The van der Waals surface area contributed by atoms with E-state index in [1.807, 2.05) is 0 Å². The van der Waals surface area contributed by atoms with Crippen molar-refractivity contribution < 1.29 is 49.1 Å². The van der Waals surface area contributed by atoms with E-state index in [-0.39, 0.29) is 46.1 Å². The third kappa shape index (κ3) is 7.80. The first kappa shape index (κ1) is 41.5. The number of nitrogens with zero attached hydrogens (tertiary/aromatic N) is 6. The quantitative estimate of drug-likeness (QED) is 0.0896. The molecule has 4 aromatic heterocycles. The third-order valence-electron chi connectivity index (χ3n) is 10.6. The van der Waals surface area contributed by atoms with Gasteiger partial charge in [-0.3, -0.25) is 24.0 Å². The molecule has 61 heavy (non-hydrogen) atoms. The number of aliphatic hydroxyl groups is 1. The number of aromatic nitrogens is 7. The maximum absolute atomic E-state index is 15.7. The first-order chi connectivity index (χ1) is 28.6. The number of alkyl halides is 5. The molecule has 1 amide bonds. The molecule has 2 aliphatic rings. The summed E-state index contributed by atoms with van der Waals surface area (Å²) >= 11 is 0. The molecular weight excluding hydrogens is 836 g/mol. The lowest BCUT2D eigenvalue weighted by Gasteiger charge is -2.34. The smallest absolute Gasteiger partial charge is 0.378 e. The summed E-state index contributed by atoms with van der Waals surface area (Å²) in [6.07, 6.45) is -3.13. The molecule has 0 aliphatic heterocycles. The molecule has 3 unspecified atom stereocenters. The molecule has 0 bridgehead atoms. The highest BCUT2D eigenvalue weighted by atomic mass is 32.2. The first-order valence-electron chi connectivity index (χ1n) is 18.7. The van der Waals surface area contributed by atoms with Crippen LogP contribution >= 0.6 is 0 Å². The number of hydrogen-bond donors (Lipinski definition) is 4. The van der Waals surface area contributed by atoms with Crippen molar-refractivity contribution in [2.45, 2.75) is 74.2 Å². The van der Waals surface area contributed by atoms with Crippen molar-refractivity contribution >= 4 is 32.7 Å². The number of pyridine rings is 1. The largest absolute Gasteiger partial charge is 0.435 e. The fourth-order valence-corrected chi connectivity index (χ4v) is 8.89. The number of hydrogen-bond acceptors (Lipinski definition) is 8. The standard InChI is InChI=1S/C40H34F7N9O4S/c1-38(2,58)12-11-23-7-8-25(26-5-4-6-28-34(26)55(3)53-37(28)54-61(59,60)24-17-48-49-18-24)33(50-23)30(15-20-13-21(41)16-22(42)14-20)51-31(57)19-56-36-32(35(52-56)40(45,46)47)27-9-10-29(27)39(36,43)44/h4-8,13-14,16-18,27,29-30,58H,9-10,15,19H2,1-3H3,(H,48,49)(H,51,57)(H,53,54). The Morgan fingerprint density at radius 2 is 1.80 bits per heavy atom. The van der Waals surface area contributed by atoms with Crippen LogP contribution in [0.3, 0.4) is 0 Å². The van der Waals surface area contributed by atoms with Crippen molar-refractivity contribution in [2.75, 3.05) is 4.72 Å². The molecule has 1 saturated carbocycles. The van der Waals surface area contributed by atoms with Crippen molar-refractivity contribution in [3.05, 3.63) is 106 Å². The normalized spacial score (nSPS) is 17.6. The molecule has 0 radical (unpaired) electrons. The molecule has 318 valence electrons. The number of sulfonamides is 1. The van der Waals surface area contributed by atoms with Crippen molar-refractivity contribution in [1.82, 2.24) is 40.1 Å². The van der Waals surface area contributed by atoms with Crippen molar-refractivity contribution in [3.63, 3.8) is 0 Å². The Kier molecular flexibility index (Phi) is 10.0. The van der Waals surface area contributed by atoms with Gasteiger partial charge in [-0.15, -0.1) is 0 Å². The average molecular weight is 870 g/mol. The zero-order valence-electron chi connectivity index (χ0n) is 32.2. The van der Waals surface area contributed by atoms with E-state index in [9.17, 15) is 40.3 Å². The van der Waals surface area contributed by atoms with Crippen LogP contribution in [0.15, 0.2) is 65.8 Å². The van der Waals surface area contributed by atoms with Gasteiger partial charge in [0.05, 0.1) is 23.4 Å². The molecule has 2 aromatic carbocycles. The van der Waals surface area contributed by atoms with Crippen LogP contribution < -0.4 is 10.0 Å². The van der Waals surface area contributed by atoms with Gasteiger partial charge in [0, 0.05) is 47.3 Å². The van der Waals surface area contributed by atoms with Gasteiger partial charge in [-0.2, -0.15) is 37.2 Å². The maximum atomic E-state index is 15.7. The van der Waals surface area contributed by atoms with Gasteiger partial charge >= 0.3 is 6.18 Å². The van der Waals surface area contributed by atoms with Gasteiger partial charge in [0.25, 0.3) is 15.9 Å². The van der Waals surface area contributed by atoms with Crippen LogP contribution in [-0.4, -0.2) is 59.8 Å². The summed E-state index contributed by atoms with van der Waals surface area (Å²) in [6.45, 7) is 1.75. The lowest BCUT2D eigenvalue weighted by molar-refractivity contribution is -0.144. The summed E-state index contributed by atoms with van der Waals surface area (Å²) in [4.78, 5) is 18.6. The second kappa shape index (κ2) is 14.7. The van der Waals surface area contributed by atoms with E-state index in [1.54, 1.807) is 24.3 Å². The third-order valence-corrected chi connectivity index (χ3v) is 11.9. The first-order valence-corrected chi connectivity index (χ1v) is 20.1. The minimum atomic E-state index is -5.09. The summed E-state index contributed by atoms with van der Waals surface area (Å²) in [6, 6.07) is 9.05. The van der Waals surface area contributed by atoms with Crippen molar-refractivity contribution in [3.8, 4) is 23.0 Å². The van der Waals surface area contributed by atoms with Gasteiger partial charge in [0.1, 0.15) is 40.1 Å². The number of halogens is 7. The topological polar surface area (TPSA) is 173 Å². The minimum Gasteiger partial charge on any atom is -0.378 e. The summed E-state index contributed by atoms with van der Waals surface area (Å²) < 4.78 is 134. The van der Waals surface area contributed by atoms with E-state index >= 15 is 8.78 Å². The van der Waals surface area contributed by atoms with Crippen LogP contribution in [0, 0.1) is 29.4 Å². The van der Waals surface area contributed by atoms with Crippen molar-refractivity contribution in [1.29, 1.82) is 0 Å². The molecule has 2 aliphatic carbocycles. The minimum absolute atomic E-state index is 0.000609. The predicted octanol–water partition coefficient (Wildman–Crippen LogP) is 6.47. The number of nitrogens with one attached hydrogen (secondary N) is 3. The second-order valence-electron chi connectivity index (χ2n) is 15.4. The molecule has 3 atom stereocenters. The average Bonchev–Trinajstić information content (AvgIpc) is 3.90. The molecule has 1 fully saturated rings. The number of aromatic amines is 1. The molecule has 4 N–H and O–H groups in total. The Morgan fingerprint density at radius 1 is 1.07 bits per heavy atom. The highest BCUT2D eigenvalue weighted by molar-refractivity contribution is 7.92. The fourth-order valence-electron chi connectivity index (χ4n) is 7.97. The summed E-state index contributed by atoms with van der Waals surface area (Å²) in [5, 5.41) is 27.3. The number of fused-ring (bicyclic) bond motifs is 4. The number of aryl methyl sites for hydroxylation is 1. The van der Waals surface area contributed by atoms with Crippen LogP contribution in [0.2, 0.25) is 0 Å². The van der Waals surface area contributed by atoms with Gasteiger partial charge in [0.2, 0.25) is 5.91 Å². The molecule has 0 spiro atoms. The number of amides is 1. The summed E-state index contributed by atoms with van der Waals surface area (Å²) in [7, 11) is -2.63. The number of carbonyl (C=O) groups excluding carboxylic acids is 1. The Bertz CT molecular complexity index is 2870. The van der Waals surface area contributed by atoms with E-state index in [1.165, 1.54) is 37.8 Å². The van der Waals surface area contributed by atoms with E-state index in [0.29, 0.717) is 27.2 Å². The zero-order valence-corrected chi connectivity index (χ0v) is 33.1. The Morgan fingerprint density at radius 3 is 2.44 bits per heavy atom. The van der Waals surface area contributed by atoms with Crippen molar-refractivity contribution in [2.24, 2.45) is 13.0 Å². The molecule has 4 heterocycles. The van der Waals surface area contributed by atoms with E-state index < -0.39 is 93.1 Å². The van der Waals surface area contributed by atoms with E-state index in [2.05, 4.69) is 42.3 Å². The van der Waals surface area contributed by atoms with E-state index in [0.717, 1.165) is 18.3 Å². The molecule has 21 heteroatoms. The number of carbonyl (C=O) groups is 1. The monoisotopic (exact) mass is 869 g/mol. The number of anilines is 1. The van der Waals surface area contributed by atoms with Crippen LogP contribution in [0.1, 0.15) is 72.6 Å². The highest BCUT2D eigenvalue weighted by Crippen LogP contribution is 2.64. The Hall–Kier alpha value is -6.27. The van der Waals surface area contributed by atoms with Crippen LogP contribution in [0.4, 0.5) is 36.6 Å². The van der Waals surface area contributed by atoms with Gasteiger partial charge in [0.15, 0.2) is 11.5 Å². The number of H-pyrrole nitrogens is 1. The van der Waals surface area contributed by atoms with E-state index in [4.69, 9.17) is 4.98 Å². The fraction of sp³-hybridized carbons (Fsp3) is 0.325. The number of benzene rings is 2. The lowest BCUT2D eigenvalue weighted by atomic mass is 9.73. The molecule has 13 nitrogen and oxygen atoms in total. The summed E-state index contributed by atoms with van der Waals surface area (Å²) in [5.74, 6) is -3.88. The predicted molar refractivity (Wildman–Crippen MR) is 204 cm³/mol. The Labute approximate surface area is 342 Å². The molecule has 0 saturated heterocycles. The van der Waals surface area contributed by atoms with Crippen LogP contribution in [0.25, 0.3) is 22.0 Å². The van der Waals surface area contributed by atoms with Gasteiger partial charge in [-0.1, -0.05) is 18.1 Å². The second-order valence-corrected chi connectivity index (χ2v) is 17.1. The molecule has 8 rings (SSSR count). The zero-order chi connectivity index (χ0) is 43.8. The molecule has 6 aromatic rings. The maximum Gasteiger partial charge on any atom is 0.435 e. The van der Waals surface area contributed by atoms with Gasteiger partial charge < -0.3 is 10.4 Å². The summed E-state index contributed by atoms with van der Waals surface area (Å²) in [5.41, 5.74) is -3.63. The lowest BCUT2D eigenvalue weighted by Crippen LogP contribution is -2.36.